The number of carbonyl (C=O) groups is 1. The predicted molar refractivity (Wildman–Crippen MR) is 138 cm³/mol. The van der Waals surface area contributed by atoms with Crippen LogP contribution in [0.15, 0.2) is 53.6 Å². The molecule has 8 nitrogen and oxygen atoms in total. The second-order valence-corrected chi connectivity index (χ2v) is 11.1. The Balaban J connectivity index is 1.78. The van der Waals surface area contributed by atoms with Gasteiger partial charge in [-0.2, -0.15) is 0 Å². The number of hydrogen-bond donors (Lipinski definition) is 3. The number of allylic oxidation sites excluding steroid dienone is 2. The molecule has 36 heavy (non-hydrogen) atoms. The van der Waals surface area contributed by atoms with Gasteiger partial charge in [0.1, 0.15) is 16.2 Å². The maximum absolute atomic E-state index is 13.9. The lowest BCUT2D eigenvalue weighted by molar-refractivity contribution is -0.131. The van der Waals surface area contributed by atoms with Gasteiger partial charge in [0.2, 0.25) is 0 Å². The van der Waals surface area contributed by atoms with E-state index in [1.165, 1.54) is 18.4 Å². The number of dihydropyridines is 1. The van der Waals surface area contributed by atoms with Crippen LogP contribution in [0.2, 0.25) is 0 Å². The number of carbonyl (C=O) groups excluding carboxylic acids is 1. The summed E-state index contributed by atoms with van der Waals surface area (Å²) in [5.41, 5.74) is 4.72. The summed E-state index contributed by atoms with van der Waals surface area (Å²) >= 11 is 0. The van der Waals surface area contributed by atoms with Crippen molar-refractivity contribution in [2.75, 3.05) is 6.61 Å². The van der Waals surface area contributed by atoms with E-state index in [0.717, 1.165) is 27.8 Å². The summed E-state index contributed by atoms with van der Waals surface area (Å²) in [5.74, 6) is -0.0172. The van der Waals surface area contributed by atoms with Crippen LogP contribution in [0.3, 0.4) is 0 Å². The lowest BCUT2D eigenvalue weighted by Crippen LogP contribution is -2.53. The van der Waals surface area contributed by atoms with Crippen LogP contribution in [0.1, 0.15) is 47.2 Å². The highest BCUT2D eigenvalue weighted by molar-refractivity contribution is 7.94. The standard InChI is InChI=1S/C27H33N3O5S/c1-6-35-23-10-7-9-22-21(23)16-30(15-20-18(3)13-17(2)14-19(20)4)27(22,5)26(32)29-36(33,34)24-11-8-12-28-25(24)31/h7-14,25,28,31H,6,15-16H2,1-5H3,(H,29,32). The van der Waals surface area contributed by atoms with E-state index in [2.05, 4.69) is 22.2 Å². The van der Waals surface area contributed by atoms with Crippen molar-refractivity contribution >= 4 is 15.9 Å². The van der Waals surface area contributed by atoms with Crippen molar-refractivity contribution in [1.82, 2.24) is 14.9 Å². The average Bonchev–Trinajstić information content (AvgIpc) is 3.10. The van der Waals surface area contributed by atoms with E-state index in [0.29, 0.717) is 31.0 Å². The van der Waals surface area contributed by atoms with Crippen LogP contribution in [-0.4, -0.2) is 37.2 Å². The third-order valence-electron chi connectivity index (χ3n) is 6.99. The zero-order chi connectivity index (χ0) is 26.3. The third-order valence-corrected chi connectivity index (χ3v) is 8.42. The van der Waals surface area contributed by atoms with Crippen molar-refractivity contribution in [3.8, 4) is 5.75 Å². The van der Waals surface area contributed by atoms with Gasteiger partial charge in [-0.3, -0.25) is 9.69 Å². The monoisotopic (exact) mass is 511 g/mol. The number of benzene rings is 2. The topological polar surface area (TPSA) is 108 Å². The largest absolute Gasteiger partial charge is 0.494 e. The highest BCUT2D eigenvalue weighted by Crippen LogP contribution is 2.44. The highest BCUT2D eigenvalue weighted by atomic mass is 32.2. The number of sulfonamides is 1. The van der Waals surface area contributed by atoms with Gasteiger partial charge in [0, 0.05) is 18.7 Å². The minimum Gasteiger partial charge on any atom is -0.494 e. The Morgan fingerprint density at radius 1 is 1.25 bits per heavy atom. The van der Waals surface area contributed by atoms with E-state index in [1.54, 1.807) is 6.92 Å². The molecule has 2 unspecified atom stereocenters. The Morgan fingerprint density at radius 3 is 2.58 bits per heavy atom. The first kappa shape index (κ1) is 25.9. The molecular formula is C27H33N3O5S. The van der Waals surface area contributed by atoms with Crippen molar-refractivity contribution in [3.05, 3.63) is 87.0 Å². The van der Waals surface area contributed by atoms with E-state index in [4.69, 9.17) is 4.74 Å². The molecule has 0 fully saturated rings. The number of fused-ring (bicyclic) bond motifs is 1. The van der Waals surface area contributed by atoms with Crippen molar-refractivity contribution in [3.63, 3.8) is 0 Å². The molecule has 9 heteroatoms. The number of ether oxygens (including phenoxy) is 1. The molecule has 192 valence electrons. The van der Waals surface area contributed by atoms with Gasteiger partial charge in [0.15, 0.2) is 6.23 Å². The van der Waals surface area contributed by atoms with Crippen LogP contribution < -0.4 is 14.8 Å². The summed E-state index contributed by atoms with van der Waals surface area (Å²) in [6.07, 6.45) is 2.72. The fourth-order valence-corrected chi connectivity index (χ4v) is 6.29. The number of aliphatic hydroxyl groups is 1. The van der Waals surface area contributed by atoms with Gasteiger partial charge in [0.05, 0.1) is 6.61 Å². The van der Waals surface area contributed by atoms with E-state index in [-0.39, 0.29) is 4.91 Å². The van der Waals surface area contributed by atoms with Crippen molar-refractivity contribution in [1.29, 1.82) is 0 Å². The Kier molecular flexibility index (Phi) is 7.01. The summed E-state index contributed by atoms with van der Waals surface area (Å²) in [6.45, 7) is 11.1. The smallest absolute Gasteiger partial charge is 0.264 e. The SMILES string of the molecule is CCOc1cccc2c1CN(Cc1c(C)cc(C)cc1C)C2(C)C(=O)NS(=O)(=O)C1=CC=CNC1O. The van der Waals surface area contributed by atoms with Gasteiger partial charge >= 0.3 is 0 Å². The number of rotatable bonds is 7. The second kappa shape index (κ2) is 9.72. The Morgan fingerprint density at radius 2 is 1.94 bits per heavy atom. The van der Waals surface area contributed by atoms with E-state index >= 15 is 0 Å². The van der Waals surface area contributed by atoms with Crippen molar-refractivity contribution < 1.29 is 23.1 Å². The molecule has 2 aliphatic rings. The minimum atomic E-state index is -4.31. The molecule has 2 heterocycles. The van der Waals surface area contributed by atoms with Crippen LogP contribution in [0.5, 0.6) is 5.75 Å². The molecule has 0 spiro atoms. The molecule has 0 saturated heterocycles. The number of nitrogens with one attached hydrogen (secondary N) is 2. The quantitative estimate of drug-likeness (QED) is 0.525. The summed E-state index contributed by atoms with van der Waals surface area (Å²) in [6, 6.07) is 9.74. The number of aliphatic hydroxyl groups excluding tert-OH is 1. The maximum atomic E-state index is 13.9. The molecule has 2 aromatic rings. The second-order valence-electron chi connectivity index (χ2n) is 9.45. The Bertz CT molecular complexity index is 1340. The fourth-order valence-electron chi connectivity index (χ4n) is 5.10. The van der Waals surface area contributed by atoms with Crippen LogP contribution in [0.25, 0.3) is 0 Å². The molecule has 0 radical (unpaired) electrons. The lowest BCUT2D eigenvalue weighted by atomic mass is 9.89. The summed E-state index contributed by atoms with van der Waals surface area (Å²) in [4.78, 5) is 15.5. The van der Waals surface area contributed by atoms with Crippen LogP contribution in [0.4, 0.5) is 0 Å². The van der Waals surface area contributed by atoms with Crippen LogP contribution in [0, 0.1) is 20.8 Å². The van der Waals surface area contributed by atoms with Gasteiger partial charge in [-0.05, 0) is 81.3 Å². The molecule has 0 saturated carbocycles. The normalized spacial score (nSPS) is 21.5. The number of nitrogens with zero attached hydrogens (tertiary/aromatic N) is 1. The van der Waals surface area contributed by atoms with E-state index < -0.39 is 27.7 Å². The van der Waals surface area contributed by atoms with Gasteiger partial charge < -0.3 is 15.2 Å². The maximum Gasteiger partial charge on any atom is 0.264 e. The van der Waals surface area contributed by atoms with Crippen LogP contribution in [-0.2, 0) is 33.4 Å². The first-order valence-electron chi connectivity index (χ1n) is 11.9. The molecule has 0 aromatic heterocycles. The van der Waals surface area contributed by atoms with Gasteiger partial charge in [-0.15, -0.1) is 0 Å². The molecular weight excluding hydrogens is 478 g/mol. The molecule has 0 bridgehead atoms. The van der Waals surface area contributed by atoms with Crippen LogP contribution >= 0.6 is 0 Å². The first-order chi connectivity index (χ1) is 17.0. The lowest BCUT2D eigenvalue weighted by Gasteiger charge is -2.35. The Labute approximate surface area is 212 Å². The van der Waals surface area contributed by atoms with E-state index in [9.17, 15) is 18.3 Å². The molecule has 0 aliphatic carbocycles. The van der Waals surface area contributed by atoms with Gasteiger partial charge in [-0.1, -0.05) is 29.8 Å². The molecule has 4 rings (SSSR count). The third kappa shape index (κ3) is 4.54. The predicted octanol–water partition coefficient (Wildman–Crippen LogP) is 3.01. The average molecular weight is 512 g/mol. The highest BCUT2D eigenvalue weighted by Gasteiger charge is 2.50. The zero-order valence-electron chi connectivity index (χ0n) is 21.3. The van der Waals surface area contributed by atoms with Gasteiger partial charge in [-0.25, -0.2) is 13.1 Å². The number of aryl methyl sites for hydroxylation is 3. The number of amides is 1. The van der Waals surface area contributed by atoms with Gasteiger partial charge in [0.25, 0.3) is 15.9 Å². The molecule has 2 aliphatic heterocycles. The molecule has 1 amide bonds. The summed E-state index contributed by atoms with van der Waals surface area (Å²) in [5, 5.41) is 12.7. The fraction of sp³-hybridized carbons (Fsp3) is 0.370. The molecule has 2 atom stereocenters. The van der Waals surface area contributed by atoms with Crippen molar-refractivity contribution in [2.24, 2.45) is 0 Å². The van der Waals surface area contributed by atoms with E-state index in [1.807, 2.05) is 50.8 Å². The molecule has 3 N–H and O–H groups in total. The molecule has 2 aromatic carbocycles. The minimum absolute atomic E-state index is 0.319. The Hall–Kier alpha value is -3.14. The first-order valence-corrected chi connectivity index (χ1v) is 13.4. The van der Waals surface area contributed by atoms with Crippen molar-refractivity contribution in [2.45, 2.75) is 59.5 Å². The zero-order valence-corrected chi connectivity index (χ0v) is 22.1. The summed E-state index contributed by atoms with van der Waals surface area (Å²) in [7, 11) is -4.31. The summed E-state index contributed by atoms with van der Waals surface area (Å²) < 4.78 is 34.3. The number of hydrogen-bond acceptors (Lipinski definition) is 7.